The zero-order valence-electron chi connectivity index (χ0n) is 10.7. The lowest BCUT2D eigenvalue weighted by atomic mass is 10.0. The highest BCUT2D eigenvalue weighted by Gasteiger charge is 2.09. The summed E-state index contributed by atoms with van der Waals surface area (Å²) in [5.41, 5.74) is 4.21. The van der Waals surface area contributed by atoms with Crippen molar-refractivity contribution in [2.75, 3.05) is 25.0 Å². The Bertz CT molecular complexity index is 385. The van der Waals surface area contributed by atoms with E-state index in [-0.39, 0.29) is 0 Å². The summed E-state index contributed by atoms with van der Waals surface area (Å²) in [4.78, 5) is 2.39. The van der Waals surface area contributed by atoms with Crippen LogP contribution in [0.25, 0.3) is 0 Å². The average molecular weight is 230 g/mol. The molecule has 1 aliphatic rings. The van der Waals surface area contributed by atoms with Gasteiger partial charge in [0.15, 0.2) is 0 Å². The largest absolute Gasteiger partial charge is 0.385 e. The number of benzene rings is 1. The number of aryl methyl sites for hydroxylation is 1. The molecule has 0 amide bonds. The minimum atomic E-state index is 0.964. The van der Waals surface area contributed by atoms with E-state index in [0.29, 0.717) is 0 Å². The molecule has 2 rings (SSSR count). The van der Waals surface area contributed by atoms with E-state index in [9.17, 15) is 0 Å². The van der Waals surface area contributed by atoms with Gasteiger partial charge >= 0.3 is 0 Å². The molecule has 0 unspecified atom stereocenters. The predicted molar refractivity (Wildman–Crippen MR) is 74.4 cm³/mol. The highest BCUT2D eigenvalue weighted by atomic mass is 15.1. The molecule has 1 N–H and O–H groups in total. The number of likely N-dealkylation sites (N-methyl/N-ethyl adjacent to an activating group) is 1. The molecule has 0 radical (unpaired) electrons. The molecule has 1 aliphatic heterocycles. The summed E-state index contributed by atoms with van der Waals surface area (Å²) < 4.78 is 0. The number of anilines is 1. The molecule has 92 valence electrons. The number of nitrogens with zero attached hydrogens (tertiary/aromatic N) is 1. The molecule has 0 aromatic heterocycles. The second-order valence-electron chi connectivity index (χ2n) is 4.64. The van der Waals surface area contributed by atoms with E-state index in [4.69, 9.17) is 0 Å². The number of nitrogens with one attached hydrogen (secondary N) is 1. The van der Waals surface area contributed by atoms with Crippen LogP contribution in [0.2, 0.25) is 0 Å². The van der Waals surface area contributed by atoms with Gasteiger partial charge in [0.05, 0.1) is 0 Å². The van der Waals surface area contributed by atoms with Crippen molar-refractivity contribution in [3.63, 3.8) is 0 Å². The molecule has 1 aromatic rings. The van der Waals surface area contributed by atoms with Crippen molar-refractivity contribution in [1.82, 2.24) is 4.90 Å². The third-order valence-corrected chi connectivity index (χ3v) is 3.35. The van der Waals surface area contributed by atoms with Gasteiger partial charge in [-0.1, -0.05) is 25.1 Å². The zero-order valence-corrected chi connectivity index (χ0v) is 10.7. The lowest BCUT2D eigenvalue weighted by Crippen LogP contribution is -2.23. The number of rotatable bonds is 5. The normalized spacial score (nSPS) is 14.2. The maximum absolute atomic E-state index is 3.81. The van der Waals surface area contributed by atoms with E-state index in [1.807, 2.05) is 6.08 Å². The van der Waals surface area contributed by atoms with E-state index < -0.39 is 0 Å². The van der Waals surface area contributed by atoms with Gasteiger partial charge in [0.1, 0.15) is 0 Å². The van der Waals surface area contributed by atoms with E-state index in [1.165, 1.54) is 29.7 Å². The molecule has 1 aromatic carbocycles. The summed E-state index contributed by atoms with van der Waals surface area (Å²) in [6.45, 7) is 10.2. The smallest absolute Gasteiger partial charge is 0.0372 e. The molecule has 0 saturated heterocycles. The van der Waals surface area contributed by atoms with Crippen LogP contribution in [0.5, 0.6) is 0 Å². The molecular weight excluding hydrogens is 208 g/mol. The van der Waals surface area contributed by atoms with Gasteiger partial charge in [-0.25, -0.2) is 0 Å². The first kappa shape index (κ1) is 12.2. The zero-order chi connectivity index (χ0) is 12.1. The molecule has 0 fully saturated rings. The van der Waals surface area contributed by atoms with Crippen LogP contribution in [0, 0.1) is 0 Å². The Kier molecular flexibility index (Phi) is 4.21. The number of hydrogen-bond donors (Lipinski definition) is 1. The molecule has 17 heavy (non-hydrogen) atoms. The average Bonchev–Trinajstić information content (AvgIpc) is 2.38. The first-order chi connectivity index (χ1) is 8.33. The van der Waals surface area contributed by atoms with Gasteiger partial charge in [-0.05, 0) is 36.6 Å². The van der Waals surface area contributed by atoms with Crippen molar-refractivity contribution in [3.05, 3.63) is 42.0 Å². The molecule has 2 nitrogen and oxygen atoms in total. The van der Waals surface area contributed by atoms with E-state index in [2.05, 4.69) is 41.9 Å². The van der Waals surface area contributed by atoms with E-state index in [0.717, 1.165) is 26.2 Å². The van der Waals surface area contributed by atoms with Crippen molar-refractivity contribution >= 4 is 5.69 Å². The first-order valence-corrected chi connectivity index (χ1v) is 6.52. The molecule has 2 heteroatoms. The molecule has 1 heterocycles. The molecule has 0 spiro atoms. The van der Waals surface area contributed by atoms with Gasteiger partial charge < -0.3 is 5.32 Å². The van der Waals surface area contributed by atoms with Gasteiger partial charge in [-0.15, -0.1) is 6.58 Å². The molecule has 0 aliphatic carbocycles. The maximum Gasteiger partial charge on any atom is 0.0372 e. The Morgan fingerprint density at radius 2 is 2.35 bits per heavy atom. The predicted octanol–water partition coefficient (Wildman–Crippen LogP) is 3.05. The first-order valence-electron chi connectivity index (χ1n) is 6.52. The Balaban J connectivity index is 2.08. The van der Waals surface area contributed by atoms with Gasteiger partial charge in [0.2, 0.25) is 0 Å². The summed E-state index contributed by atoms with van der Waals surface area (Å²) in [5.74, 6) is 0. The summed E-state index contributed by atoms with van der Waals surface area (Å²) in [7, 11) is 0. The fourth-order valence-electron chi connectivity index (χ4n) is 2.37. The highest BCUT2D eigenvalue weighted by Crippen LogP contribution is 2.23. The summed E-state index contributed by atoms with van der Waals surface area (Å²) in [5, 5.41) is 3.45. The Morgan fingerprint density at radius 1 is 1.47 bits per heavy atom. The SMILES string of the molecule is C=CCN(CC)Cc1ccc2c(c1)CCCN2. The monoisotopic (exact) mass is 230 g/mol. The quantitative estimate of drug-likeness (QED) is 0.782. The highest BCUT2D eigenvalue weighted by molar-refractivity contribution is 5.54. The fraction of sp³-hybridized carbons (Fsp3) is 0.467. The Morgan fingerprint density at radius 3 is 3.12 bits per heavy atom. The van der Waals surface area contributed by atoms with Crippen LogP contribution in [0.15, 0.2) is 30.9 Å². The third-order valence-electron chi connectivity index (χ3n) is 3.35. The molecular formula is C15H22N2. The minimum Gasteiger partial charge on any atom is -0.385 e. The maximum atomic E-state index is 3.81. The molecule has 0 atom stereocenters. The van der Waals surface area contributed by atoms with Crippen LogP contribution >= 0.6 is 0 Å². The molecule has 0 bridgehead atoms. The van der Waals surface area contributed by atoms with Crippen LogP contribution in [0.1, 0.15) is 24.5 Å². The summed E-state index contributed by atoms with van der Waals surface area (Å²) in [6.07, 6.45) is 4.44. The van der Waals surface area contributed by atoms with Gasteiger partial charge in [0.25, 0.3) is 0 Å². The third kappa shape index (κ3) is 3.10. The standard InChI is InChI=1S/C15H22N2/c1-3-10-17(4-2)12-13-7-8-15-14(11-13)6-5-9-16-15/h3,7-8,11,16H,1,4-6,9-10,12H2,2H3. The van der Waals surface area contributed by atoms with Gasteiger partial charge in [0, 0.05) is 25.3 Å². The van der Waals surface area contributed by atoms with E-state index >= 15 is 0 Å². The number of fused-ring (bicyclic) bond motifs is 1. The summed E-state index contributed by atoms with van der Waals surface area (Å²) in [6, 6.07) is 6.82. The van der Waals surface area contributed by atoms with Crippen molar-refractivity contribution in [2.45, 2.75) is 26.3 Å². The van der Waals surface area contributed by atoms with Crippen LogP contribution < -0.4 is 5.32 Å². The second kappa shape index (κ2) is 5.87. The van der Waals surface area contributed by atoms with Crippen molar-refractivity contribution in [1.29, 1.82) is 0 Å². The van der Waals surface area contributed by atoms with E-state index in [1.54, 1.807) is 0 Å². The lowest BCUT2D eigenvalue weighted by Gasteiger charge is -2.22. The lowest BCUT2D eigenvalue weighted by molar-refractivity contribution is 0.311. The van der Waals surface area contributed by atoms with Crippen LogP contribution in [-0.2, 0) is 13.0 Å². The van der Waals surface area contributed by atoms with Gasteiger partial charge in [-0.3, -0.25) is 4.90 Å². The number of hydrogen-bond acceptors (Lipinski definition) is 2. The van der Waals surface area contributed by atoms with Crippen molar-refractivity contribution < 1.29 is 0 Å². The fourth-order valence-corrected chi connectivity index (χ4v) is 2.37. The van der Waals surface area contributed by atoms with Gasteiger partial charge in [-0.2, -0.15) is 0 Å². The second-order valence-corrected chi connectivity index (χ2v) is 4.64. The minimum absolute atomic E-state index is 0.964. The van der Waals surface area contributed by atoms with Crippen LogP contribution in [0.3, 0.4) is 0 Å². The topological polar surface area (TPSA) is 15.3 Å². The van der Waals surface area contributed by atoms with Crippen LogP contribution in [-0.4, -0.2) is 24.5 Å². The van der Waals surface area contributed by atoms with Crippen molar-refractivity contribution in [3.8, 4) is 0 Å². The Hall–Kier alpha value is -1.28. The van der Waals surface area contributed by atoms with Crippen molar-refractivity contribution in [2.24, 2.45) is 0 Å². The molecule has 0 saturated carbocycles. The summed E-state index contributed by atoms with van der Waals surface area (Å²) >= 11 is 0. The van der Waals surface area contributed by atoms with Crippen LogP contribution in [0.4, 0.5) is 5.69 Å². The Labute approximate surface area is 104 Å².